The lowest BCUT2D eigenvalue weighted by atomic mass is 9.81. The second-order valence-electron chi connectivity index (χ2n) is 5.18. The Labute approximate surface area is 118 Å². The Morgan fingerprint density at radius 2 is 2.37 bits per heavy atom. The monoisotopic (exact) mass is 281 g/mol. The zero-order chi connectivity index (χ0) is 13.9. The molecule has 1 aliphatic heterocycles. The molecule has 1 aromatic heterocycles. The van der Waals surface area contributed by atoms with Gasteiger partial charge in [0.25, 0.3) is 0 Å². The molecule has 1 saturated heterocycles. The molecule has 1 amide bonds. The highest BCUT2D eigenvalue weighted by Gasteiger charge is 2.40. The van der Waals surface area contributed by atoms with Crippen molar-refractivity contribution >= 4 is 23.2 Å². The van der Waals surface area contributed by atoms with E-state index in [0.717, 1.165) is 43.7 Å². The molecule has 1 aliphatic rings. The molecule has 5 heteroatoms. The van der Waals surface area contributed by atoms with Crippen LogP contribution in [0.4, 0.5) is 5.69 Å². The molecule has 1 fully saturated rings. The van der Waals surface area contributed by atoms with E-state index in [9.17, 15) is 4.79 Å². The van der Waals surface area contributed by atoms with E-state index in [1.165, 1.54) is 0 Å². The van der Waals surface area contributed by atoms with Gasteiger partial charge in [-0.1, -0.05) is 24.9 Å². The summed E-state index contributed by atoms with van der Waals surface area (Å²) in [6.07, 6.45) is 2.81. The molecule has 19 heavy (non-hydrogen) atoms. The molecule has 0 bridgehead atoms. The van der Waals surface area contributed by atoms with Gasteiger partial charge in [-0.15, -0.1) is 0 Å². The van der Waals surface area contributed by atoms with Gasteiger partial charge >= 0.3 is 0 Å². The molecule has 0 spiro atoms. The van der Waals surface area contributed by atoms with Crippen LogP contribution < -0.4 is 10.6 Å². The van der Waals surface area contributed by atoms with Crippen LogP contribution in [-0.2, 0) is 4.79 Å². The van der Waals surface area contributed by atoms with Crippen LogP contribution in [0.1, 0.15) is 31.9 Å². The highest BCUT2D eigenvalue weighted by molar-refractivity contribution is 6.29. The normalized spacial score (nSPS) is 22.5. The summed E-state index contributed by atoms with van der Waals surface area (Å²) < 4.78 is 0. The Kier molecular flexibility index (Phi) is 4.42. The van der Waals surface area contributed by atoms with E-state index in [-0.39, 0.29) is 11.3 Å². The third kappa shape index (κ3) is 3.07. The number of amides is 1. The molecular weight excluding hydrogens is 262 g/mol. The molecule has 0 aliphatic carbocycles. The summed E-state index contributed by atoms with van der Waals surface area (Å²) in [5.41, 5.74) is 1.22. The first-order chi connectivity index (χ1) is 9.07. The number of hydrogen-bond acceptors (Lipinski definition) is 3. The van der Waals surface area contributed by atoms with Crippen molar-refractivity contribution in [2.45, 2.75) is 33.1 Å². The third-order valence-corrected chi connectivity index (χ3v) is 3.96. The smallest absolute Gasteiger partial charge is 0.231 e. The zero-order valence-electron chi connectivity index (χ0n) is 11.4. The van der Waals surface area contributed by atoms with E-state index >= 15 is 0 Å². The van der Waals surface area contributed by atoms with Crippen molar-refractivity contribution in [2.24, 2.45) is 5.41 Å². The summed E-state index contributed by atoms with van der Waals surface area (Å²) in [6.45, 7) is 5.63. The number of pyridine rings is 1. The van der Waals surface area contributed by atoms with Crippen LogP contribution in [0.25, 0.3) is 0 Å². The molecule has 0 radical (unpaired) electrons. The minimum Gasteiger partial charge on any atom is -0.324 e. The molecule has 0 saturated carbocycles. The molecule has 4 nitrogen and oxygen atoms in total. The number of anilines is 1. The summed E-state index contributed by atoms with van der Waals surface area (Å²) in [7, 11) is 0. The van der Waals surface area contributed by atoms with Gasteiger partial charge < -0.3 is 10.6 Å². The molecule has 2 N–H and O–H groups in total. The van der Waals surface area contributed by atoms with Crippen LogP contribution in [0.15, 0.2) is 12.1 Å². The Morgan fingerprint density at radius 3 is 2.95 bits per heavy atom. The zero-order valence-corrected chi connectivity index (χ0v) is 12.2. The number of rotatable bonds is 4. The summed E-state index contributed by atoms with van der Waals surface area (Å²) in [4.78, 5) is 16.7. The van der Waals surface area contributed by atoms with E-state index in [4.69, 9.17) is 11.6 Å². The topological polar surface area (TPSA) is 54.0 Å². The van der Waals surface area contributed by atoms with Gasteiger partial charge in [0.15, 0.2) is 0 Å². The van der Waals surface area contributed by atoms with Crippen LogP contribution in [0.3, 0.4) is 0 Å². The fourth-order valence-electron chi connectivity index (χ4n) is 2.66. The van der Waals surface area contributed by atoms with E-state index < -0.39 is 0 Å². The number of nitrogens with one attached hydrogen (secondary N) is 2. The molecule has 2 rings (SSSR count). The highest BCUT2D eigenvalue weighted by Crippen LogP contribution is 2.33. The minimum atomic E-state index is -0.277. The van der Waals surface area contributed by atoms with E-state index in [0.29, 0.717) is 5.15 Å². The van der Waals surface area contributed by atoms with E-state index in [1.807, 2.05) is 13.0 Å². The van der Waals surface area contributed by atoms with Crippen LogP contribution in [-0.4, -0.2) is 24.0 Å². The molecule has 104 valence electrons. The number of nitrogens with zero attached hydrogens (tertiary/aromatic N) is 1. The maximum absolute atomic E-state index is 12.6. The lowest BCUT2D eigenvalue weighted by molar-refractivity contribution is -0.125. The maximum atomic E-state index is 12.6. The molecule has 1 unspecified atom stereocenters. The van der Waals surface area contributed by atoms with E-state index in [1.54, 1.807) is 6.07 Å². The summed E-state index contributed by atoms with van der Waals surface area (Å²) in [6, 6.07) is 3.51. The van der Waals surface area contributed by atoms with Crippen molar-refractivity contribution in [3.8, 4) is 0 Å². The van der Waals surface area contributed by atoms with Gasteiger partial charge in [-0.25, -0.2) is 4.98 Å². The third-order valence-electron chi connectivity index (χ3n) is 3.75. The summed E-state index contributed by atoms with van der Waals surface area (Å²) in [5, 5.41) is 6.74. The molecular formula is C14H20ClN3O. The van der Waals surface area contributed by atoms with Crippen LogP contribution in [0.2, 0.25) is 5.15 Å². The van der Waals surface area contributed by atoms with Gasteiger partial charge in [0.05, 0.1) is 16.8 Å². The Morgan fingerprint density at radius 1 is 1.58 bits per heavy atom. The molecule has 1 atom stereocenters. The number of halogens is 1. The van der Waals surface area contributed by atoms with Crippen LogP contribution >= 0.6 is 11.6 Å². The second-order valence-corrected chi connectivity index (χ2v) is 5.57. The van der Waals surface area contributed by atoms with Gasteiger partial charge in [-0.3, -0.25) is 4.79 Å². The number of aromatic nitrogens is 1. The number of carbonyl (C=O) groups excluding carboxylic acids is 1. The SMILES string of the molecule is CCCC1(C(=O)Nc2ccc(Cl)nc2C)CCNC1. The average molecular weight is 282 g/mol. The first kappa shape index (κ1) is 14.3. The number of aryl methyl sites for hydroxylation is 1. The van der Waals surface area contributed by atoms with Gasteiger partial charge in [-0.05, 0) is 38.4 Å². The molecule has 0 aromatic carbocycles. The van der Waals surface area contributed by atoms with Crippen molar-refractivity contribution < 1.29 is 4.79 Å². The van der Waals surface area contributed by atoms with Crippen molar-refractivity contribution in [3.05, 3.63) is 23.0 Å². The predicted octanol–water partition coefficient (Wildman–Crippen LogP) is 2.76. The van der Waals surface area contributed by atoms with Gasteiger partial charge in [0, 0.05) is 6.54 Å². The van der Waals surface area contributed by atoms with Crippen molar-refractivity contribution in [2.75, 3.05) is 18.4 Å². The van der Waals surface area contributed by atoms with Gasteiger partial charge in [0.2, 0.25) is 5.91 Å². The van der Waals surface area contributed by atoms with Crippen molar-refractivity contribution in [3.63, 3.8) is 0 Å². The summed E-state index contributed by atoms with van der Waals surface area (Å²) in [5.74, 6) is 0.0894. The minimum absolute atomic E-state index is 0.0894. The van der Waals surface area contributed by atoms with E-state index in [2.05, 4.69) is 22.5 Å². The Bertz CT molecular complexity index is 470. The maximum Gasteiger partial charge on any atom is 0.231 e. The second kappa shape index (κ2) is 5.88. The number of carbonyl (C=O) groups is 1. The predicted molar refractivity (Wildman–Crippen MR) is 77.4 cm³/mol. The van der Waals surface area contributed by atoms with Gasteiger partial charge in [-0.2, -0.15) is 0 Å². The lowest BCUT2D eigenvalue weighted by Gasteiger charge is -2.26. The highest BCUT2D eigenvalue weighted by atomic mass is 35.5. The van der Waals surface area contributed by atoms with Crippen molar-refractivity contribution in [1.82, 2.24) is 10.3 Å². The first-order valence-corrected chi connectivity index (χ1v) is 7.10. The Hall–Kier alpha value is -1.13. The lowest BCUT2D eigenvalue weighted by Crippen LogP contribution is -2.38. The van der Waals surface area contributed by atoms with Crippen LogP contribution in [0.5, 0.6) is 0 Å². The number of hydrogen-bond donors (Lipinski definition) is 2. The largest absolute Gasteiger partial charge is 0.324 e. The summed E-state index contributed by atoms with van der Waals surface area (Å²) >= 11 is 5.82. The fraction of sp³-hybridized carbons (Fsp3) is 0.571. The molecule has 2 heterocycles. The fourth-order valence-corrected chi connectivity index (χ4v) is 2.85. The van der Waals surface area contributed by atoms with Gasteiger partial charge in [0.1, 0.15) is 5.15 Å². The average Bonchev–Trinajstić information content (AvgIpc) is 2.83. The van der Waals surface area contributed by atoms with Crippen molar-refractivity contribution in [1.29, 1.82) is 0 Å². The molecule has 1 aromatic rings. The first-order valence-electron chi connectivity index (χ1n) is 6.73. The van der Waals surface area contributed by atoms with Crippen LogP contribution in [0, 0.1) is 12.3 Å². The Balaban J connectivity index is 2.15. The standard InChI is InChI=1S/C14H20ClN3O/c1-3-6-14(7-8-16-9-14)13(19)18-11-4-5-12(15)17-10(11)2/h4-5,16H,3,6-9H2,1-2H3,(H,18,19). The quantitative estimate of drug-likeness (QED) is 0.835.